The third kappa shape index (κ3) is 3.70. The summed E-state index contributed by atoms with van der Waals surface area (Å²) in [7, 11) is 0. The van der Waals surface area contributed by atoms with E-state index >= 15 is 0 Å². The van der Waals surface area contributed by atoms with Gasteiger partial charge in [-0.05, 0) is 34.7 Å². The monoisotopic (exact) mass is 298 g/mol. The maximum Gasteiger partial charge on any atom is 0.207 e. The third-order valence-electron chi connectivity index (χ3n) is 2.52. The van der Waals surface area contributed by atoms with E-state index in [0.717, 1.165) is 10.8 Å². The molecule has 0 amide bonds. The average Bonchev–Trinajstić information content (AvgIpc) is 2.72. The second-order valence-electron chi connectivity index (χ2n) is 5.01. The van der Waals surface area contributed by atoms with E-state index in [-0.39, 0.29) is 5.41 Å². The second-order valence-corrected chi connectivity index (χ2v) is 7.70. The molecule has 0 bridgehead atoms. The Bertz CT molecular complexity index is 515. The molecule has 0 N–H and O–H groups in total. The van der Waals surface area contributed by atoms with Crippen LogP contribution in [0.25, 0.3) is 0 Å². The number of halogens is 1. The van der Waals surface area contributed by atoms with Gasteiger partial charge in [-0.2, -0.15) is 0 Å². The van der Waals surface area contributed by atoms with E-state index in [1.807, 2.05) is 0 Å². The van der Waals surface area contributed by atoms with Crippen molar-refractivity contribution in [2.45, 2.75) is 36.8 Å². The quantitative estimate of drug-likeness (QED) is 0.763. The number of benzene rings is 1. The molecule has 0 aliphatic heterocycles. The van der Waals surface area contributed by atoms with E-state index in [1.165, 1.54) is 21.8 Å². The molecule has 18 heavy (non-hydrogen) atoms. The van der Waals surface area contributed by atoms with Crippen molar-refractivity contribution in [3.63, 3.8) is 0 Å². The molecule has 0 aliphatic carbocycles. The predicted molar refractivity (Wildman–Crippen MR) is 79.6 cm³/mol. The summed E-state index contributed by atoms with van der Waals surface area (Å²) in [6, 6.07) is 8.70. The molecule has 0 spiro atoms. The Kier molecular flexibility index (Phi) is 4.30. The number of aromatic nitrogens is 2. The van der Waals surface area contributed by atoms with Crippen LogP contribution in [0.4, 0.5) is 0 Å². The highest BCUT2D eigenvalue weighted by Crippen LogP contribution is 2.28. The molecule has 0 saturated carbocycles. The van der Waals surface area contributed by atoms with Crippen molar-refractivity contribution in [3.8, 4) is 0 Å². The first-order valence-electron chi connectivity index (χ1n) is 5.66. The Morgan fingerprint density at radius 2 is 1.83 bits per heavy atom. The van der Waals surface area contributed by atoms with Gasteiger partial charge in [-0.15, -0.1) is 22.0 Å². The zero-order valence-electron chi connectivity index (χ0n) is 10.6. The molecular weight excluding hydrogens is 284 g/mol. The predicted octanol–water partition coefficient (Wildman–Crippen LogP) is 4.78. The molecule has 0 radical (unpaired) electrons. The van der Waals surface area contributed by atoms with Gasteiger partial charge in [0.2, 0.25) is 4.47 Å². The first-order chi connectivity index (χ1) is 8.45. The van der Waals surface area contributed by atoms with Gasteiger partial charge in [-0.1, -0.05) is 44.2 Å². The van der Waals surface area contributed by atoms with Crippen LogP contribution >= 0.6 is 34.7 Å². The summed E-state index contributed by atoms with van der Waals surface area (Å²) in [6.07, 6.45) is 0. The van der Waals surface area contributed by atoms with E-state index in [9.17, 15) is 0 Å². The van der Waals surface area contributed by atoms with Crippen LogP contribution < -0.4 is 0 Å². The number of hydrogen-bond acceptors (Lipinski definition) is 4. The van der Waals surface area contributed by atoms with Crippen LogP contribution in [-0.2, 0) is 11.2 Å². The standard InChI is InChI=1S/C13H15ClN2S2/c1-13(2,3)9-4-6-10(7-5-9)17-8-11-15-16-12(14)18-11/h4-7H,8H2,1-3H3. The zero-order chi connectivity index (χ0) is 13.2. The second kappa shape index (κ2) is 5.59. The van der Waals surface area contributed by atoms with Gasteiger partial charge in [0, 0.05) is 4.90 Å². The fourth-order valence-corrected chi connectivity index (χ4v) is 3.24. The van der Waals surface area contributed by atoms with Crippen LogP contribution in [0.3, 0.4) is 0 Å². The molecule has 1 aromatic heterocycles. The number of thioether (sulfide) groups is 1. The van der Waals surface area contributed by atoms with Crippen LogP contribution in [0.2, 0.25) is 4.47 Å². The molecule has 1 aromatic carbocycles. The molecule has 0 aliphatic rings. The normalized spacial score (nSPS) is 11.8. The fourth-order valence-electron chi connectivity index (χ4n) is 1.49. The number of rotatable bonds is 3. The van der Waals surface area contributed by atoms with Gasteiger partial charge in [0.1, 0.15) is 5.01 Å². The Morgan fingerprint density at radius 1 is 1.17 bits per heavy atom. The van der Waals surface area contributed by atoms with E-state index in [4.69, 9.17) is 11.6 Å². The maximum absolute atomic E-state index is 5.75. The Morgan fingerprint density at radius 3 is 2.33 bits per heavy atom. The van der Waals surface area contributed by atoms with Crippen molar-refractivity contribution in [3.05, 3.63) is 39.3 Å². The lowest BCUT2D eigenvalue weighted by molar-refractivity contribution is 0.590. The first kappa shape index (κ1) is 13.8. The molecule has 2 aromatic rings. The van der Waals surface area contributed by atoms with Crippen molar-refractivity contribution >= 4 is 34.7 Å². The Balaban J connectivity index is 1.98. The fraction of sp³-hybridized carbons (Fsp3) is 0.385. The van der Waals surface area contributed by atoms with Crippen molar-refractivity contribution in [1.82, 2.24) is 10.2 Å². The van der Waals surface area contributed by atoms with Gasteiger partial charge >= 0.3 is 0 Å². The summed E-state index contributed by atoms with van der Waals surface area (Å²) >= 11 is 8.94. The highest BCUT2D eigenvalue weighted by Gasteiger charge is 2.12. The number of nitrogens with zero attached hydrogens (tertiary/aromatic N) is 2. The minimum atomic E-state index is 0.204. The highest BCUT2D eigenvalue weighted by atomic mass is 35.5. The highest BCUT2D eigenvalue weighted by molar-refractivity contribution is 7.98. The zero-order valence-corrected chi connectivity index (χ0v) is 13.0. The topological polar surface area (TPSA) is 25.8 Å². The molecule has 96 valence electrons. The molecule has 0 fully saturated rings. The maximum atomic E-state index is 5.75. The van der Waals surface area contributed by atoms with Gasteiger partial charge in [0.15, 0.2) is 0 Å². The molecule has 0 atom stereocenters. The Hall–Kier alpha value is -0.580. The minimum Gasteiger partial charge on any atom is -0.141 e. The van der Waals surface area contributed by atoms with Crippen molar-refractivity contribution < 1.29 is 0 Å². The van der Waals surface area contributed by atoms with Crippen molar-refractivity contribution in [1.29, 1.82) is 0 Å². The molecule has 0 saturated heterocycles. The van der Waals surface area contributed by atoms with Crippen LogP contribution in [0, 0.1) is 0 Å². The van der Waals surface area contributed by atoms with Gasteiger partial charge in [0.25, 0.3) is 0 Å². The van der Waals surface area contributed by atoms with E-state index in [1.54, 1.807) is 11.8 Å². The average molecular weight is 299 g/mol. The van der Waals surface area contributed by atoms with E-state index < -0.39 is 0 Å². The van der Waals surface area contributed by atoms with Crippen LogP contribution in [0.1, 0.15) is 31.3 Å². The Labute approximate surface area is 121 Å². The van der Waals surface area contributed by atoms with Gasteiger partial charge in [-0.25, -0.2) is 0 Å². The lowest BCUT2D eigenvalue weighted by Crippen LogP contribution is -2.10. The molecule has 1 heterocycles. The molecule has 0 unspecified atom stereocenters. The minimum absolute atomic E-state index is 0.204. The van der Waals surface area contributed by atoms with E-state index in [2.05, 4.69) is 55.2 Å². The molecule has 2 rings (SSSR count). The summed E-state index contributed by atoms with van der Waals surface area (Å²) in [5, 5.41) is 8.76. The smallest absolute Gasteiger partial charge is 0.141 e. The van der Waals surface area contributed by atoms with Crippen LogP contribution in [-0.4, -0.2) is 10.2 Å². The SMILES string of the molecule is CC(C)(C)c1ccc(SCc2nnc(Cl)s2)cc1. The molecular formula is C13H15ClN2S2. The third-order valence-corrected chi connectivity index (χ3v) is 4.75. The van der Waals surface area contributed by atoms with Gasteiger partial charge in [0.05, 0.1) is 5.75 Å². The summed E-state index contributed by atoms with van der Waals surface area (Å²) in [5.74, 6) is 0.819. The summed E-state index contributed by atoms with van der Waals surface area (Å²) in [6.45, 7) is 6.66. The summed E-state index contributed by atoms with van der Waals surface area (Å²) in [4.78, 5) is 1.24. The number of hydrogen-bond donors (Lipinski definition) is 0. The lowest BCUT2D eigenvalue weighted by Gasteiger charge is -2.18. The molecule has 5 heteroatoms. The summed E-state index contributed by atoms with van der Waals surface area (Å²) < 4.78 is 0.508. The van der Waals surface area contributed by atoms with Crippen LogP contribution in [0.15, 0.2) is 29.2 Å². The lowest BCUT2D eigenvalue weighted by atomic mass is 9.87. The van der Waals surface area contributed by atoms with Crippen molar-refractivity contribution in [2.75, 3.05) is 0 Å². The first-order valence-corrected chi connectivity index (χ1v) is 7.84. The van der Waals surface area contributed by atoms with Crippen LogP contribution in [0.5, 0.6) is 0 Å². The van der Waals surface area contributed by atoms with E-state index in [0.29, 0.717) is 4.47 Å². The summed E-state index contributed by atoms with van der Waals surface area (Å²) in [5.41, 5.74) is 1.56. The van der Waals surface area contributed by atoms with Gasteiger partial charge < -0.3 is 0 Å². The largest absolute Gasteiger partial charge is 0.207 e. The van der Waals surface area contributed by atoms with Gasteiger partial charge in [-0.3, -0.25) is 0 Å². The van der Waals surface area contributed by atoms with Crippen molar-refractivity contribution in [2.24, 2.45) is 0 Å². The molecule has 2 nitrogen and oxygen atoms in total.